The number of para-hydroxylation sites is 2. The first-order chi connectivity index (χ1) is 13.3. The van der Waals surface area contributed by atoms with Crippen molar-refractivity contribution in [2.45, 2.75) is 32.5 Å². The first-order valence-corrected chi connectivity index (χ1v) is 9.91. The van der Waals surface area contributed by atoms with E-state index in [4.69, 9.17) is 4.74 Å². The molecule has 0 aliphatic carbocycles. The van der Waals surface area contributed by atoms with E-state index in [0.717, 1.165) is 30.3 Å². The number of nitrogens with zero attached hydrogens (tertiary/aromatic N) is 2. The van der Waals surface area contributed by atoms with E-state index in [-0.39, 0.29) is 23.3 Å². The topological polar surface area (TPSA) is 54.5 Å². The maximum atomic E-state index is 12.6. The Morgan fingerprint density at radius 3 is 2.68 bits per heavy atom. The highest BCUT2D eigenvalue weighted by Crippen LogP contribution is 2.28. The molecule has 0 unspecified atom stereocenters. The molecule has 0 radical (unpaired) electrons. The van der Waals surface area contributed by atoms with Crippen LogP contribution in [-0.4, -0.2) is 41.7 Å². The first kappa shape index (κ1) is 20.6. The van der Waals surface area contributed by atoms with Crippen molar-refractivity contribution in [2.75, 3.05) is 25.0 Å². The van der Waals surface area contributed by atoms with Crippen LogP contribution >= 0.6 is 11.3 Å². The second kappa shape index (κ2) is 8.91. The molecular formula is C19H22F3N3O2S. The van der Waals surface area contributed by atoms with E-state index in [1.54, 1.807) is 29.5 Å². The number of hydrogen-bond donors (Lipinski definition) is 1. The number of halogens is 3. The fourth-order valence-electron chi connectivity index (χ4n) is 3.15. The molecule has 1 aliphatic rings. The van der Waals surface area contributed by atoms with E-state index in [1.807, 2.05) is 12.3 Å². The van der Waals surface area contributed by atoms with Gasteiger partial charge in [0.15, 0.2) is 6.61 Å². The smallest absolute Gasteiger partial charge is 0.422 e. The second-order valence-corrected chi connectivity index (χ2v) is 7.86. The number of carbonyl (C=O) groups excluding carboxylic acids is 1. The van der Waals surface area contributed by atoms with Gasteiger partial charge in [0.05, 0.1) is 16.4 Å². The molecule has 152 valence electrons. The summed E-state index contributed by atoms with van der Waals surface area (Å²) in [4.78, 5) is 19.3. The summed E-state index contributed by atoms with van der Waals surface area (Å²) < 4.78 is 42.0. The van der Waals surface area contributed by atoms with Gasteiger partial charge in [-0.1, -0.05) is 12.1 Å². The van der Waals surface area contributed by atoms with E-state index >= 15 is 0 Å². The van der Waals surface area contributed by atoms with E-state index in [1.165, 1.54) is 6.07 Å². The number of ether oxygens (including phenoxy) is 1. The summed E-state index contributed by atoms with van der Waals surface area (Å²) in [6.07, 6.45) is -3.04. The molecule has 28 heavy (non-hydrogen) atoms. The van der Waals surface area contributed by atoms with Gasteiger partial charge in [0.1, 0.15) is 5.75 Å². The lowest BCUT2D eigenvalue weighted by atomic mass is 9.95. The Labute approximate surface area is 165 Å². The largest absolute Gasteiger partial charge is 0.482 e. The minimum absolute atomic E-state index is 0.0181. The number of anilines is 1. The molecule has 1 aromatic carbocycles. The van der Waals surface area contributed by atoms with Crippen molar-refractivity contribution in [3.8, 4) is 5.75 Å². The van der Waals surface area contributed by atoms with E-state index < -0.39 is 12.8 Å². The lowest BCUT2D eigenvalue weighted by Crippen LogP contribution is -2.37. The van der Waals surface area contributed by atoms with Crippen LogP contribution in [-0.2, 0) is 11.3 Å². The molecule has 1 saturated heterocycles. The number of nitrogens with one attached hydrogen (secondary N) is 1. The highest BCUT2D eigenvalue weighted by molar-refractivity contribution is 7.09. The average molecular weight is 413 g/mol. The molecule has 1 N–H and O–H groups in total. The summed E-state index contributed by atoms with van der Waals surface area (Å²) in [5.74, 6) is -0.346. The van der Waals surface area contributed by atoms with Gasteiger partial charge < -0.3 is 10.1 Å². The fraction of sp³-hybridized carbons (Fsp3) is 0.474. The van der Waals surface area contributed by atoms with Crippen LogP contribution in [0.1, 0.15) is 23.5 Å². The third-order valence-electron chi connectivity index (χ3n) is 4.55. The number of rotatable bonds is 6. The fourth-order valence-corrected chi connectivity index (χ4v) is 3.76. The van der Waals surface area contributed by atoms with Crippen LogP contribution in [0.3, 0.4) is 0 Å². The molecule has 1 aromatic heterocycles. The second-order valence-electron chi connectivity index (χ2n) is 6.80. The Morgan fingerprint density at radius 1 is 1.32 bits per heavy atom. The van der Waals surface area contributed by atoms with Crippen molar-refractivity contribution in [3.63, 3.8) is 0 Å². The Hall–Kier alpha value is -2.13. The maximum Gasteiger partial charge on any atom is 0.422 e. The highest BCUT2D eigenvalue weighted by atomic mass is 32.1. The number of hydrogen-bond acceptors (Lipinski definition) is 5. The van der Waals surface area contributed by atoms with Crippen LogP contribution in [0, 0.1) is 12.8 Å². The van der Waals surface area contributed by atoms with Gasteiger partial charge in [0.25, 0.3) is 0 Å². The third kappa shape index (κ3) is 5.93. The van der Waals surface area contributed by atoms with Gasteiger partial charge >= 0.3 is 6.18 Å². The van der Waals surface area contributed by atoms with Gasteiger partial charge in [-0.2, -0.15) is 13.2 Å². The number of alkyl halides is 3. The van der Waals surface area contributed by atoms with Gasteiger partial charge in [0.2, 0.25) is 5.91 Å². The number of piperidine rings is 1. The third-order valence-corrected chi connectivity index (χ3v) is 5.37. The summed E-state index contributed by atoms with van der Waals surface area (Å²) in [6.45, 7) is 2.91. The zero-order valence-corrected chi connectivity index (χ0v) is 16.3. The van der Waals surface area contributed by atoms with Crippen LogP contribution in [0.25, 0.3) is 0 Å². The molecular weight excluding hydrogens is 391 g/mol. The summed E-state index contributed by atoms with van der Waals surface area (Å²) in [5.41, 5.74) is 1.30. The van der Waals surface area contributed by atoms with Crippen LogP contribution < -0.4 is 10.1 Å². The normalized spacial score (nSPS) is 16.1. The Morgan fingerprint density at radius 2 is 2.04 bits per heavy atom. The van der Waals surface area contributed by atoms with Crippen LogP contribution in [0.4, 0.5) is 18.9 Å². The number of carbonyl (C=O) groups is 1. The number of aromatic nitrogens is 1. The van der Waals surface area contributed by atoms with Crippen LogP contribution in [0.5, 0.6) is 5.75 Å². The Balaban J connectivity index is 1.52. The van der Waals surface area contributed by atoms with Gasteiger partial charge in [0, 0.05) is 17.8 Å². The lowest BCUT2D eigenvalue weighted by molar-refractivity contribution is -0.153. The molecule has 0 spiro atoms. The Kier molecular flexibility index (Phi) is 6.56. The van der Waals surface area contributed by atoms with Crippen molar-refractivity contribution < 1.29 is 22.7 Å². The van der Waals surface area contributed by atoms with Crippen molar-refractivity contribution in [3.05, 3.63) is 40.3 Å². The molecule has 0 saturated carbocycles. The molecule has 0 atom stereocenters. The van der Waals surface area contributed by atoms with Gasteiger partial charge in [-0.05, 0) is 45.0 Å². The minimum Gasteiger partial charge on any atom is -0.482 e. The molecule has 2 aromatic rings. The molecule has 2 heterocycles. The van der Waals surface area contributed by atoms with E-state index in [9.17, 15) is 18.0 Å². The van der Waals surface area contributed by atoms with Crippen molar-refractivity contribution in [2.24, 2.45) is 5.92 Å². The molecule has 0 bridgehead atoms. The molecule has 9 heteroatoms. The summed E-state index contributed by atoms with van der Waals surface area (Å²) in [7, 11) is 0. The number of aryl methyl sites for hydroxylation is 1. The minimum atomic E-state index is -4.43. The number of amides is 1. The van der Waals surface area contributed by atoms with Crippen molar-refractivity contribution in [1.29, 1.82) is 0 Å². The van der Waals surface area contributed by atoms with E-state index in [0.29, 0.717) is 12.8 Å². The van der Waals surface area contributed by atoms with Gasteiger partial charge in [-0.3, -0.25) is 9.69 Å². The van der Waals surface area contributed by atoms with E-state index in [2.05, 4.69) is 15.2 Å². The predicted molar refractivity (Wildman–Crippen MR) is 101 cm³/mol. The predicted octanol–water partition coefficient (Wildman–Crippen LogP) is 4.24. The number of benzene rings is 1. The summed E-state index contributed by atoms with van der Waals surface area (Å²) >= 11 is 1.62. The molecule has 1 fully saturated rings. The molecule has 5 nitrogen and oxygen atoms in total. The monoisotopic (exact) mass is 413 g/mol. The standard InChI is InChI=1S/C19H22F3N3O2S/c1-13-23-15(11-28-13)10-25-8-6-14(7-9-25)18(26)24-16-4-2-3-5-17(16)27-12-19(20,21)22/h2-5,11,14H,6-10,12H2,1H3,(H,24,26). The van der Waals surface area contributed by atoms with Gasteiger partial charge in [-0.15, -0.1) is 11.3 Å². The zero-order valence-electron chi connectivity index (χ0n) is 15.5. The maximum absolute atomic E-state index is 12.6. The highest BCUT2D eigenvalue weighted by Gasteiger charge is 2.29. The molecule has 1 aliphatic heterocycles. The quantitative estimate of drug-likeness (QED) is 0.770. The van der Waals surface area contributed by atoms with Crippen LogP contribution in [0.15, 0.2) is 29.6 Å². The summed E-state index contributed by atoms with van der Waals surface area (Å²) in [5, 5.41) is 5.81. The van der Waals surface area contributed by atoms with Crippen molar-refractivity contribution >= 4 is 22.9 Å². The van der Waals surface area contributed by atoms with Crippen LogP contribution in [0.2, 0.25) is 0 Å². The number of thiazole rings is 1. The lowest BCUT2D eigenvalue weighted by Gasteiger charge is -2.30. The molecule has 3 rings (SSSR count). The summed E-state index contributed by atoms with van der Waals surface area (Å²) in [6, 6.07) is 6.18. The first-order valence-electron chi connectivity index (χ1n) is 9.03. The van der Waals surface area contributed by atoms with Gasteiger partial charge in [-0.25, -0.2) is 4.98 Å². The SMILES string of the molecule is Cc1nc(CN2CCC(C(=O)Nc3ccccc3OCC(F)(F)F)CC2)cs1. The Bertz CT molecular complexity index is 802. The number of likely N-dealkylation sites (tertiary alicyclic amines) is 1. The van der Waals surface area contributed by atoms with Crippen molar-refractivity contribution in [1.82, 2.24) is 9.88 Å². The average Bonchev–Trinajstić information content (AvgIpc) is 3.05. The molecule has 1 amide bonds. The zero-order chi connectivity index (χ0) is 20.1.